The normalized spacial score (nSPS) is 16.2. The molecule has 9 heavy (non-hydrogen) atoms. The van der Waals surface area contributed by atoms with E-state index in [0.717, 1.165) is 13.2 Å². The van der Waals surface area contributed by atoms with Gasteiger partial charge >= 0.3 is 0 Å². The molecular formula is C7H10N2. The van der Waals surface area contributed by atoms with Crippen molar-refractivity contribution in [2.75, 3.05) is 13.2 Å². The molecule has 2 nitrogen and oxygen atoms in total. The Morgan fingerprint density at radius 2 is 2.67 bits per heavy atom. The summed E-state index contributed by atoms with van der Waals surface area (Å²) in [5, 5.41) is 0. The van der Waals surface area contributed by atoms with Crippen LogP contribution in [0.15, 0.2) is 29.9 Å². The van der Waals surface area contributed by atoms with Gasteiger partial charge in [0.05, 0.1) is 0 Å². The number of aliphatic imine (C=N–C) groups is 1. The van der Waals surface area contributed by atoms with Crippen LogP contribution in [-0.2, 0) is 0 Å². The first-order valence-corrected chi connectivity index (χ1v) is 2.95. The van der Waals surface area contributed by atoms with Gasteiger partial charge in [-0.1, -0.05) is 6.08 Å². The van der Waals surface area contributed by atoms with Crippen LogP contribution in [0.2, 0.25) is 0 Å². The quantitative estimate of drug-likeness (QED) is 0.499. The van der Waals surface area contributed by atoms with E-state index < -0.39 is 0 Å². The predicted octanol–water partition coefficient (Wildman–Crippen LogP) is 1.03. The van der Waals surface area contributed by atoms with Crippen molar-refractivity contribution in [3.63, 3.8) is 0 Å². The highest BCUT2D eigenvalue weighted by atomic mass is 15.2. The van der Waals surface area contributed by atoms with Crippen LogP contribution in [0, 0.1) is 0 Å². The third kappa shape index (κ3) is 1.72. The van der Waals surface area contributed by atoms with Gasteiger partial charge in [-0.3, -0.25) is 4.99 Å². The van der Waals surface area contributed by atoms with Gasteiger partial charge in [0, 0.05) is 19.0 Å². The van der Waals surface area contributed by atoms with E-state index in [1.807, 2.05) is 18.4 Å². The van der Waals surface area contributed by atoms with Gasteiger partial charge in [0.15, 0.2) is 0 Å². The van der Waals surface area contributed by atoms with Crippen LogP contribution in [-0.4, -0.2) is 24.3 Å². The molecule has 1 aliphatic heterocycles. The summed E-state index contributed by atoms with van der Waals surface area (Å²) in [6.45, 7) is 5.28. The van der Waals surface area contributed by atoms with Crippen molar-refractivity contribution in [1.82, 2.24) is 4.90 Å². The van der Waals surface area contributed by atoms with E-state index in [2.05, 4.69) is 16.5 Å². The lowest BCUT2D eigenvalue weighted by atomic mass is 10.5. The summed E-state index contributed by atoms with van der Waals surface area (Å²) < 4.78 is 0. The van der Waals surface area contributed by atoms with E-state index in [9.17, 15) is 0 Å². The number of allylic oxidation sites excluding steroid dienone is 1. The summed E-state index contributed by atoms with van der Waals surface area (Å²) in [5.74, 6) is 0. The fraction of sp³-hybridized carbons (Fsp3) is 0.286. The molecule has 0 saturated carbocycles. The molecule has 0 fully saturated rings. The van der Waals surface area contributed by atoms with Gasteiger partial charge in [0.2, 0.25) is 0 Å². The molecule has 1 aliphatic rings. The Hall–Kier alpha value is -1.05. The third-order valence-corrected chi connectivity index (χ3v) is 1.12. The fourth-order valence-corrected chi connectivity index (χ4v) is 0.705. The SMILES string of the molecule is C=CCN1C=CC=NC1. The lowest BCUT2D eigenvalue weighted by Crippen LogP contribution is -2.18. The minimum absolute atomic E-state index is 0.766. The van der Waals surface area contributed by atoms with Crippen LogP contribution < -0.4 is 0 Å². The Morgan fingerprint density at radius 3 is 3.22 bits per heavy atom. The Balaban J connectivity index is 2.36. The van der Waals surface area contributed by atoms with E-state index in [4.69, 9.17) is 0 Å². The van der Waals surface area contributed by atoms with Crippen molar-refractivity contribution in [2.24, 2.45) is 4.99 Å². The van der Waals surface area contributed by atoms with Crippen LogP contribution in [0.3, 0.4) is 0 Å². The lowest BCUT2D eigenvalue weighted by molar-refractivity contribution is 0.428. The van der Waals surface area contributed by atoms with E-state index in [1.165, 1.54) is 0 Å². The second-order valence-electron chi connectivity index (χ2n) is 1.87. The molecule has 0 aromatic rings. The molecule has 0 spiro atoms. The molecule has 1 rings (SSSR count). The second kappa shape index (κ2) is 3.07. The zero-order valence-electron chi connectivity index (χ0n) is 5.33. The van der Waals surface area contributed by atoms with E-state index in [1.54, 1.807) is 6.21 Å². The summed E-state index contributed by atoms with van der Waals surface area (Å²) in [4.78, 5) is 6.12. The van der Waals surface area contributed by atoms with Gasteiger partial charge in [-0.05, 0) is 6.08 Å². The molecule has 0 atom stereocenters. The standard InChI is InChI=1S/C7H10N2/c1-2-5-9-6-3-4-8-7-9/h2-4,6H,1,5,7H2. The summed E-state index contributed by atoms with van der Waals surface area (Å²) in [5.41, 5.74) is 0. The number of nitrogens with zero attached hydrogens (tertiary/aromatic N) is 2. The molecular weight excluding hydrogens is 112 g/mol. The molecule has 0 aromatic carbocycles. The van der Waals surface area contributed by atoms with E-state index in [-0.39, 0.29) is 0 Å². The second-order valence-corrected chi connectivity index (χ2v) is 1.87. The van der Waals surface area contributed by atoms with Gasteiger partial charge in [-0.25, -0.2) is 0 Å². The van der Waals surface area contributed by atoms with E-state index >= 15 is 0 Å². The topological polar surface area (TPSA) is 15.6 Å². The molecule has 48 valence electrons. The van der Waals surface area contributed by atoms with Crippen LogP contribution in [0.4, 0.5) is 0 Å². The Morgan fingerprint density at radius 1 is 1.78 bits per heavy atom. The molecule has 0 N–H and O–H groups in total. The first-order chi connectivity index (χ1) is 4.43. The monoisotopic (exact) mass is 122 g/mol. The molecule has 0 bridgehead atoms. The summed E-state index contributed by atoms with van der Waals surface area (Å²) >= 11 is 0. The maximum Gasteiger partial charge on any atom is 0.110 e. The summed E-state index contributed by atoms with van der Waals surface area (Å²) in [6.07, 6.45) is 7.60. The van der Waals surface area contributed by atoms with Gasteiger partial charge in [-0.15, -0.1) is 6.58 Å². The Labute approximate surface area is 55.2 Å². The number of hydrogen-bond donors (Lipinski definition) is 0. The van der Waals surface area contributed by atoms with Crippen LogP contribution in [0.25, 0.3) is 0 Å². The van der Waals surface area contributed by atoms with Crippen molar-refractivity contribution >= 4 is 6.21 Å². The Bertz CT molecular complexity index is 145. The van der Waals surface area contributed by atoms with E-state index in [0.29, 0.717) is 0 Å². The number of hydrogen-bond acceptors (Lipinski definition) is 2. The maximum atomic E-state index is 4.04. The average Bonchev–Trinajstić information content (AvgIpc) is 1.91. The highest BCUT2D eigenvalue weighted by molar-refractivity contribution is 5.71. The van der Waals surface area contributed by atoms with Crippen molar-refractivity contribution in [3.8, 4) is 0 Å². The average molecular weight is 122 g/mol. The first-order valence-electron chi connectivity index (χ1n) is 2.95. The molecule has 0 unspecified atom stereocenters. The van der Waals surface area contributed by atoms with Gasteiger partial charge < -0.3 is 4.90 Å². The summed E-state index contributed by atoms with van der Waals surface area (Å²) in [6, 6.07) is 0. The number of rotatable bonds is 2. The molecule has 0 radical (unpaired) electrons. The largest absolute Gasteiger partial charge is 0.355 e. The first kappa shape index (κ1) is 6.08. The minimum Gasteiger partial charge on any atom is -0.355 e. The molecule has 0 amide bonds. The van der Waals surface area contributed by atoms with Crippen molar-refractivity contribution < 1.29 is 0 Å². The van der Waals surface area contributed by atoms with Gasteiger partial charge in [0.25, 0.3) is 0 Å². The molecule has 1 heterocycles. The van der Waals surface area contributed by atoms with Crippen LogP contribution >= 0.6 is 0 Å². The van der Waals surface area contributed by atoms with Gasteiger partial charge in [-0.2, -0.15) is 0 Å². The van der Waals surface area contributed by atoms with Crippen molar-refractivity contribution in [2.45, 2.75) is 0 Å². The van der Waals surface area contributed by atoms with Gasteiger partial charge in [0.1, 0.15) is 6.67 Å². The maximum absolute atomic E-state index is 4.04. The highest BCUT2D eigenvalue weighted by Gasteiger charge is 1.93. The predicted molar refractivity (Wildman–Crippen MR) is 39.4 cm³/mol. The zero-order valence-corrected chi connectivity index (χ0v) is 5.33. The van der Waals surface area contributed by atoms with Crippen molar-refractivity contribution in [1.29, 1.82) is 0 Å². The Kier molecular flexibility index (Phi) is 2.07. The lowest BCUT2D eigenvalue weighted by Gasteiger charge is -2.16. The molecule has 0 aromatic heterocycles. The van der Waals surface area contributed by atoms with Crippen LogP contribution in [0.1, 0.15) is 0 Å². The smallest absolute Gasteiger partial charge is 0.110 e. The fourth-order valence-electron chi connectivity index (χ4n) is 0.705. The molecule has 0 saturated heterocycles. The highest BCUT2D eigenvalue weighted by Crippen LogP contribution is 1.93. The summed E-state index contributed by atoms with van der Waals surface area (Å²) in [7, 11) is 0. The van der Waals surface area contributed by atoms with Crippen molar-refractivity contribution in [3.05, 3.63) is 24.9 Å². The minimum atomic E-state index is 0.766. The molecule has 2 heteroatoms. The van der Waals surface area contributed by atoms with Crippen LogP contribution in [0.5, 0.6) is 0 Å². The molecule has 0 aliphatic carbocycles. The zero-order chi connectivity index (χ0) is 6.53. The third-order valence-electron chi connectivity index (χ3n) is 1.12.